The van der Waals surface area contributed by atoms with E-state index in [9.17, 15) is 0 Å². The Balaban J connectivity index is 1.44. The van der Waals surface area contributed by atoms with Crippen molar-refractivity contribution in [3.05, 3.63) is 77.9 Å². The number of nitrogens with two attached hydrogens (primary N) is 1. The SMILES string of the molecule is Nc1ccc2c(n1)NNN2Cc1cccc(OCc2ccccc2)c1. The first kappa shape index (κ1) is 15.3. The van der Waals surface area contributed by atoms with Crippen LogP contribution in [0.3, 0.4) is 0 Å². The first-order valence-electron chi connectivity index (χ1n) is 8.09. The topological polar surface area (TPSA) is 75.4 Å². The number of anilines is 3. The van der Waals surface area contributed by atoms with E-state index in [1.807, 2.05) is 47.5 Å². The Labute approximate surface area is 146 Å². The Morgan fingerprint density at radius 1 is 0.960 bits per heavy atom. The van der Waals surface area contributed by atoms with Crippen LogP contribution in [0.15, 0.2) is 66.7 Å². The number of pyridine rings is 1. The average Bonchev–Trinajstić information content (AvgIpc) is 3.03. The Morgan fingerprint density at radius 2 is 1.80 bits per heavy atom. The molecule has 0 radical (unpaired) electrons. The molecule has 0 fully saturated rings. The van der Waals surface area contributed by atoms with Gasteiger partial charge in [0.25, 0.3) is 0 Å². The van der Waals surface area contributed by atoms with Crippen LogP contribution in [0, 0.1) is 0 Å². The fourth-order valence-corrected chi connectivity index (χ4v) is 2.74. The predicted octanol–water partition coefficient (Wildman–Crippen LogP) is 3.09. The molecule has 6 heteroatoms. The molecular weight excluding hydrogens is 314 g/mol. The molecule has 0 amide bonds. The van der Waals surface area contributed by atoms with E-state index < -0.39 is 0 Å². The molecule has 126 valence electrons. The summed E-state index contributed by atoms with van der Waals surface area (Å²) < 4.78 is 5.90. The van der Waals surface area contributed by atoms with Crippen molar-refractivity contribution >= 4 is 17.3 Å². The van der Waals surface area contributed by atoms with Crippen molar-refractivity contribution in [2.75, 3.05) is 16.2 Å². The maximum Gasteiger partial charge on any atom is 0.169 e. The smallest absolute Gasteiger partial charge is 0.169 e. The third-order valence-electron chi connectivity index (χ3n) is 3.98. The summed E-state index contributed by atoms with van der Waals surface area (Å²) in [6.45, 7) is 1.23. The van der Waals surface area contributed by atoms with Crippen LogP contribution in [0.1, 0.15) is 11.1 Å². The number of aromatic nitrogens is 1. The van der Waals surface area contributed by atoms with Gasteiger partial charge in [0, 0.05) is 0 Å². The van der Waals surface area contributed by atoms with E-state index in [-0.39, 0.29) is 0 Å². The molecule has 0 spiro atoms. The minimum absolute atomic E-state index is 0.492. The first-order valence-corrected chi connectivity index (χ1v) is 8.09. The zero-order chi connectivity index (χ0) is 17.1. The highest BCUT2D eigenvalue weighted by molar-refractivity contribution is 5.70. The lowest BCUT2D eigenvalue weighted by atomic mass is 10.2. The van der Waals surface area contributed by atoms with Crippen LogP contribution in [0.4, 0.5) is 17.3 Å². The molecule has 0 saturated heterocycles. The van der Waals surface area contributed by atoms with Crippen LogP contribution in [0.2, 0.25) is 0 Å². The summed E-state index contributed by atoms with van der Waals surface area (Å²) in [4.78, 5) is 4.26. The van der Waals surface area contributed by atoms with Gasteiger partial charge in [-0.25, -0.2) is 4.98 Å². The maximum absolute atomic E-state index is 5.90. The number of fused-ring (bicyclic) bond motifs is 1. The molecule has 0 aliphatic carbocycles. The summed E-state index contributed by atoms with van der Waals surface area (Å²) in [5.74, 6) is 2.08. The van der Waals surface area contributed by atoms with Gasteiger partial charge in [0.2, 0.25) is 0 Å². The predicted molar refractivity (Wildman–Crippen MR) is 98.8 cm³/mol. The standard InChI is InChI=1S/C19H19N5O/c20-18-10-9-17-19(21-18)22-23-24(17)12-15-7-4-8-16(11-15)25-13-14-5-2-1-3-6-14/h1-11,23H,12-13H2,(H3,20,21,22). The van der Waals surface area contributed by atoms with E-state index in [0.717, 1.165) is 28.4 Å². The molecule has 0 saturated carbocycles. The normalized spacial score (nSPS) is 12.6. The number of nitrogen functional groups attached to an aromatic ring is 1. The van der Waals surface area contributed by atoms with Crippen molar-refractivity contribution in [3.8, 4) is 5.75 Å². The number of nitrogens with one attached hydrogen (secondary N) is 2. The number of ether oxygens (including phenoxy) is 1. The third-order valence-corrected chi connectivity index (χ3v) is 3.98. The Kier molecular flexibility index (Phi) is 4.10. The fraction of sp³-hybridized carbons (Fsp3) is 0.105. The molecule has 4 N–H and O–H groups in total. The third kappa shape index (κ3) is 3.49. The van der Waals surface area contributed by atoms with Gasteiger partial charge in [0.1, 0.15) is 18.2 Å². The summed E-state index contributed by atoms with van der Waals surface area (Å²) in [6.07, 6.45) is 0. The zero-order valence-corrected chi connectivity index (χ0v) is 13.6. The van der Waals surface area contributed by atoms with Crippen molar-refractivity contribution in [1.29, 1.82) is 0 Å². The molecule has 25 heavy (non-hydrogen) atoms. The Morgan fingerprint density at radius 3 is 2.68 bits per heavy atom. The van der Waals surface area contributed by atoms with E-state index in [2.05, 4.69) is 34.1 Å². The number of hydrogen-bond donors (Lipinski definition) is 3. The van der Waals surface area contributed by atoms with E-state index in [1.54, 1.807) is 6.07 Å². The zero-order valence-electron chi connectivity index (χ0n) is 13.6. The lowest BCUT2D eigenvalue weighted by Gasteiger charge is -2.18. The molecule has 1 aliphatic rings. The number of hydrazine groups is 2. The van der Waals surface area contributed by atoms with Crippen LogP contribution >= 0.6 is 0 Å². The highest BCUT2D eigenvalue weighted by atomic mass is 16.5. The van der Waals surface area contributed by atoms with Crippen LogP contribution < -0.4 is 26.4 Å². The summed E-state index contributed by atoms with van der Waals surface area (Å²) in [5.41, 5.74) is 15.1. The van der Waals surface area contributed by atoms with Crippen LogP contribution in [-0.2, 0) is 13.2 Å². The van der Waals surface area contributed by atoms with Crippen molar-refractivity contribution in [1.82, 2.24) is 10.5 Å². The molecule has 1 aromatic heterocycles. The van der Waals surface area contributed by atoms with Crippen molar-refractivity contribution in [2.45, 2.75) is 13.2 Å². The van der Waals surface area contributed by atoms with Gasteiger partial charge in [-0.3, -0.25) is 10.4 Å². The van der Waals surface area contributed by atoms with Gasteiger partial charge >= 0.3 is 0 Å². The fourth-order valence-electron chi connectivity index (χ4n) is 2.74. The highest BCUT2D eigenvalue weighted by Gasteiger charge is 2.19. The quantitative estimate of drug-likeness (QED) is 0.666. The van der Waals surface area contributed by atoms with Gasteiger partial charge in [-0.05, 0) is 35.4 Å². The number of rotatable bonds is 5. The molecule has 0 atom stereocenters. The second-order valence-electron chi connectivity index (χ2n) is 5.85. The molecule has 2 aromatic carbocycles. The van der Waals surface area contributed by atoms with E-state index >= 15 is 0 Å². The molecule has 6 nitrogen and oxygen atoms in total. The summed E-state index contributed by atoms with van der Waals surface area (Å²) >= 11 is 0. The van der Waals surface area contributed by atoms with Crippen LogP contribution in [-0.4, -0.2) is 4.98 Å². The van der Waals surface area contributed by atoms with Gasteiger partial charge in [0.05, 0.1) is 12.2 Å². The Bertz CT molecular complexity index is 869. The van der Waals surface area contributed by atoms with Crippen molar-refractivity contribution in [2.24, 2.45) is 0 Å². The summed E-state index contributed by atoms with van der Waals surface area (Å²) in [6, 6.07) is 22.0. The lowest BCUT2D eigenvalue weighted by Crippen LogP contribution is -2.35. The summed E-state index contributed by atoms with van der Waals surface area (Å²) in [7, 11) is 0. The van der Waals surface area contributed by atoms with Gasteiger partial charge in [-0.15, -0.1) is 5.53 Å². The number of nitrogens with zero attached hydrogens (tertiary/aromatic N) is 2. The van der Waals surface area contributed by atoms with Gasteiger partial charge in [-0.2, -0.15) is 0 Å². The molecule has 0 bridgehead atoms. The van der Waals surface area contributed by atoms with Gasteiger partial charge in [0.15, 0.2) is 5.82 Å². The molecule has 3 aromatic rings. The van der Waals surface area contributed by atoms with Gasteiger partial charge in [-0.1, -0.05) is 42.5 Å². The number of benzene rings is 2. The Hall–Kier alpha value is -3.25. The first-order chi connectivity index (χ1) is 12.3. The van der Waals surface area contributed by atoms with Crippen molar-refractivity contribution in [3.63, 3.8) is 0 Å². The number of hydrogen-bond acceptors (Lipinski definition) is 6. The van der Waals surface area contributed by atoms with E-state index in [0.29, 0.717) is 19.0 Å². The second-order valence-corrected chi connectivity index (χ2v) is 5.85. The minimum Gasteiger partial charge on any atom is -0.489 e. The van der Waals surface area contributed by atoms with Crippen LogP contribution in [0.25, 0.3) is 0 Å². The van der Waals surface area contributed by atoms with Gasteiger partial charge < -0.3 is 10.5 Å². The second kappa shape index (κ2) is 6.70. The van der Waals surface area contributed by atoms with E-state index in [4.69, 9.17) is 10.5 Å². The highest BCUT2D eigenvalue weighted by Crippen LogP contribution is 2.29. The molecule has 0 unspecified atom stereocenters. The van der Waals surface area contributed by atoms with Crippen molar-refractivity contribution < 1.29 is 4.74 Å². The molecule has 4 rings (SSSR count). The van der Waals surface area contributed by atoms with E-state index in [1.165, 1.54) is 0 Å². The molecule has 2 heterocycles. The monoisotopic (exact) mass is 333 g/mol. The average molecular weight is 333 g/mol. The minimum atomic E-state index is 0.492. The lowest BCUT2D eigenvalue weighted by molar-refractivity contribution is 0.306. The molecule has 1 aliphatic heterocycles. The van der Waals surface area contributed by atoms with Crippen LogP contribution in [0.5, 0.6) is 5.75 Å². The maximum atomic E-state index is 5.90. The molecular formula is C19H19N5O. The largest absolute Gasteiger partial charge is 0.489 e. The summed E-state index contributed by atoms with van der Waals surface area (Å²) in [5, 5.41) is 1.98.